The van der Waals surface area contributed by atoms with Gasteiger partial charge < -0.3 is 5.11 Å². The average Bonchev–Trinajstić information content (AvgIpc) is 2.76. The standard InChI is InChI=1S/C24H17BrCl2FNO3S/c1-13-2-7-17(8-3-13)33(31,32)29-21-10-14-4-5-15(26)11-18(14)23(25)22(21)24(30)19-12-16(28)6-9-20(19)27/h2-12,24,29-30H,1H3. The Hall–Kier alpha value is -2.16. The molecule has 170 valence electrons. The van der Waals surface area contributed by atoms with E-state index in [2.05, 4.69) is 20.7 Å². The Kier molecular flexibility index (Phi) is 6.71. The number of aliphatic hydroxyl groups excluding tert-OH is 1. The van der Waals surface area contributed by atoms with Gasteiger partial charge in [0.05, 0.1) is 10.6 Å². The van der Waals surface area contributed by atoms with Gasteiger partial charge in [0.25, 0.3) is 10.0 Å². The molecule has 0 fully saturated rings. The summed E-state index contributed by atoms with van der Waals surface area (Å²) in [6.45, 7) is 1.85. The van der Waals surface area contributed by atoms with Crippen LogP contribution < -0.4 is 4.72 Å². The van der Waals surface area contributed by atoms with E-state index in [1.165, 1.54) is 24.3 Å². The second-order valence-electron chi connectivity index (χ2n) is 7.50. The van der Waals surface area contributed by atoms with E-state index in [-0.39, 0.29) is 26.7 Å². The number of hydrogen-bond donors (Lipinski definition) is 2. The van der Waals surface area contributed by atoms with Gasteiger partial charge in [-0.25, -0.2) is 12.8 Å². The number of sulfonamides is 1. The van der Waals surface area contributed by atoms with E-state index in [0.29, 0.717) is 20.3 Å². The number of benzene rings is 4. The zero-order chi connectivity index (χ0) is 23.9. The Bertz CT molecular complexity index is 1480. The van der Waals surface area contributed by atoms with Crippen molar-refractivity contribution in [2.24, 2.45) is 0 Å². The third-order valence-corrected chi connectivity index (χ3v) is 8.00. The number of aliphatic hydroxyl groups is 1. The highest BCUT2D eigenvalue weighted by Crippen LogP contribution is 2.42. The van der Waals surface area contributed by atoms with Gasteiger partial charge in [-0.2, -0.15) is 0 Å². The van der Waals surface area contributed by atoms with Crippen LogP contribution in [0.2, 0.25) is 10.0 Å². The smallest absolute Gasteiger partial charge is 0.261 e. The van der Waals surface area contributed by atoms with Crippen LogP contribution in [-0.2, 0) is 10.0 Å². The van der Waals surface area contributed by atoms with E-state index in [1.54, 1.807) is 36.4 Å². The molecular formula is C24H17BrCl2FNO3S. The molecule has 0 spiro atoms. The van der Waals surface area contributed by atoms with Gasteiger partial charge in [0.1, 0.15) is 11.9 Å². The average molecular weight is 569 g/mol. The van der Waals surface area contributed by atoms with Crippen molar-refractivity contribution in [3.8, 4) is 0 Å². The molecule has 4 rings (SSSR count). The third kappa shape index (κ3) is 4.88. The van der Waals surface area contributed by atoms with Crippen LogP contribution in [0.3, 0.4) is 0 Å². The maximum absolute atomic E-state index is 13.9. The SMILES string of the molecule is Cc1ccc(S(=O)(=O)Nc2cc3ccc(Cl)cc3c(Br)c2C(O)c2cc(F)ccc2Cl)cc1. The number of aryl methyl sites for hydroxylation is 1. The summed E-state index contributed by atoms with van der Waals surface area (Å²) in [6.07, 6.45) is -1.44. The van der Waals surface area contributed by atoms with E-state index in [9.17, 15) is 17.9 Å². The molecule has 0 aliphatic rings. The number of hydrogen-bond acceptors (Lipinski definition) is 3. The number of halogens is 4. The van der Waals surface area contributed by atoms with Gasteiger partial charge in [-0.3, -0.25) is 4.72 Å². The number of nitrogens with one attached hydrogen (secondary N) is 1. The Morgan fingerprint density at radius 1 is 1.00 bits per heavy atom. The van der Waals surface area contributed by atoms with Gasteiger partial charge in [0.15, 0.2) is 0 Å². The van der Waals surface area contributed by atoms with E-state index in [1.807, 2.05) is 6.92 Å². The molecule has 4 aromatic carbocycles. The van der Waals surface area contributed by atoms with Crippen molar-refractivity contribution < 1.29 is 17.9 Å². The van der Waals surface area contributed by atoms with Crippen LogP contribution in [0.15, 0.2) is 76.1 Å². The molecule has 0 heterocycles. The van der Waals surface area contributed by atoms with Crippen LogP contribution in [0.1, 0.15) is 22.8 Å². The fourth-order valence-corrected chi connectivity index (χ4v) is 5.73. The first-order chi connectivity index (χ1) is 15.6. The molecule has 1 unspecified atom stereocenters. The zero-order valence-corrected chi connectivity index (χ0v) is 21.0. The fraction of sp³-hybridized carbons (Fsp3) is 0.0833. The van der Waals surface area contributed by atoms with Crippen molar-refractivity contribution in [1.82, 2.24) is 0 Å². The maximum Gasteiger partial charge on any atom is 0.261 e. The minimum absolute atomic E-state index is 0.0599. The highest BCUT2D eigenvalue weighted by molar-refractivity contribution is 9.10. The molecule has 2 N–H and O–H groups in total. The van der Waals surface area contributed by atoms with Gasteiger partial charge in [0, 0.05) is 25.6 Å². The van der Waals surface area contributed by atoms with E-state index >= 15 is 0 Å². The van der Waals surface area contributed by atoms with Crippen molar-refractivity contribution in [3.05, 3.63) is 104 Å². The molecule has 0 aromatic heterocycles. The van der Waals surface area contributed by atoms with E-state index in [0.717, 1.165) is 11.6 Å². The molecular weight excluding hydrogens is 552 g/mol. The lowest BCUT2D eigenvalue weighted by Crippen LogP contribution is -2.16. The zero-order valence-electron chi connectivity index (χ0n) is 17.1. The normalized spacial score (nSPS) is 12.7. The Morgan fingerprint density at radius 2 is 1.70 bits per heavy atom. The van der Waals surface area contributed by atoms with Crippen LogP contribution in [0.5, 0.6) is 0 Å². The maximum atomic E-state index is 13.9. The summed E-state index contributed by atoms with van der Waals surface area (Å²) in [7, 11) is -4.00. The highest BCUT2D eigenvalue weighted by atomic mass is 79.9. The first kappa shape index (κ1) is 24.0. The van der Waals surface area contributed by atoms with Gasteiger partial charge in [-0.05, 0) is 82.2 Å². The van der Waals surface area contributed by atoms with Crippen molar-refractivity contribution in [3.63, 3.8) is 0 Å². The summed E-state index contributed by atoms with van der Waals surface area (Å²) in [5.41, 5.74) is 1.30. The highest BCUT2D eigenvalue weighted by Gasteiger charge is 2.26. The van der Waals surface area contributed by atoms with Crippen LogP contribution >= 0.6 is 39.1 Å². The molecule has 0 radical (unpaired) electrons. The summed E-state index contributed by atoms with van der Waals surface area (Å²) in [5.74, 6) is -0.588. The Morgan fingerprint density at radius 3 is 2.39 bits per heavy atom. The largest absolute Gasteiger partial charge is 0.383 e. The lowest BCUT2D eigenvalue weighted by Gasteiger charge is -2.21. The van der Waals surface area contributed by atoms with Crippen LogP contribution in [-0.4, -0.2) is 13.5 Å². The van der Waals surface area contributed by atoms with Gasteiger partial charge >= 0.3 is 0 Å². The molecule has 0 saturated carbocycles. The summed E-state index contributed by atoms with van der Waals surface area (Å²) in [4.78, 5) is 0.0599. The summed E-state index contributed by atoms with van der Waals surface area (Å²) in [5, 5.41) is 13.2. The minimum atomic E-state index is -4.00. The summed E-state index contributed by atoms with van der Waals surface area (Å²) < 4.78 is 43.2. The second kappa shape index (κ2) is 9.24. The van der Waals surface area contributed by atoms with Gasteiger partial charge in [-0.1, -0.05) is 47.0 Å². The third-order valence-electron chi connectivity index (χ3n) is 5.18. The molecule has 33 heavy (non-hydrogen) atoms. The van der Waals surface area contributed by atoms with Crippen molar-refractivity contribution in [2.45, 2.75) is 17.9 Å². The topological polar surface area (TPSA) is 66.4 Å². The molecule has 0 bridgehead atoms. The first-order valence-corrected chi connectivity index (χ1v) is 12.7. The summed E-state index contributed by atoms with van der Waals surface area (Å²) >= 11 is 15.9. The van der Waals surface area contributed by atoms with Crippen molar-refractivity contribution in [2.75, 3.05) is 4.72 Å². The minimum Gasteiger partial charge on any atom is -0.383 e. The van der Waals surface area contributed by atoms with E-state index < -0.39 is 21.9 Å². The van der Waals surface area contributed by atoms with Crippen LogP contribution in [0, 0.1) is 12.7 Å². The van der Waals surface area contributed by atoms with Crippen LogP contribution in [0.4, 0.5) is 10.1 Å². The predicted octanol–water partition coefficient (Wildman–Crippen LogP) is 7.24. The first-order valence-electron chi connectivity index (χ1n) is 9.71. The lowest BCUT2D eigenvalue weighted by molar-refractivity contribution is 0.220. The molecule has 0 amide bonds. The lowest BCUT2D eigenvalue weighted by atomic mass is 9.96. The fourth-order valence-electron chi connectivity index (χ4n) is 3.49. The Labute approximate surface area is 209 Å². The number of fused-ring (bicyclic) bond motifs is 1. The number of rotatable bonds is 5. The molecule has 4 nitrogen and oxygen atoms in total. The monoisotopic (exact) mass is 567 g/mol. The molecule has 0 aliphatic heterocycles. The summed E-state index contributed by atoms with van der Waals surface area (Å²) in [6, 6.07) is 16.7. The molecule has 0 aliphatic carbocycles. The molecule has 4 aromatic rings. The van der Waals surface area contributed by atoms with Crippen LogP contribution in [0.25, 0.3) is 10.8 Å². The van der Waals surface area contributed by atoms with Crippen molar-refractivity contribution in [1.29, 1.82) is 0 Å². The predicted molar refractivity (Wildman–Crippen MR) is 134 cm³/mol. The number of anilines is 1. The Balaban J connectivity index is 1.94. The molecule has 9 heteroatoms. The van der Waals surface area contributed by atoms with Gasteiger partial charge in [-0.15, -0.1) is 0 Å². The van der Waals surface area contributed by atoms with E-state index in [4.69, 9.17) is 23.2 Å². The van der Waals surface area contributed by atoms with Gasteiger partial charge in [0.2, 0.25) is 0 Å². The second-order valence-corrected chi connectivity index (χ2v) is 10.8. The molecule has 1 atom stereocenters. The quantitative estimate of drug-likeness (QED) is 0.267. The molecule has 0 saturated heterocycles. The van der Waals surface area contributed by atoms with Crippen molar-refractivity contribution >= 4 is 65.6 Å².